The highest BCUT2D eigenvalue weighted by Crippen LogP contribution is 2.42. The van der Waals surface area contributed by atoms with Crippen LogP contribution in [0, 0.1) is 0 Å². The van der Waals surface area contributed by atoms with Crippen molar-refractivity contribution in [3.63, 3.8) is 0 Å². The average Bonchev–Trinajstić information content (AvgIpc) is 3.49. The van der Waals surface area contributed by atoms with Gasteiger partial charge in [-0.3, -0.25) is 4.98 Å². The second-order valence-corrected chi connectivity index (χ2v) is 9.84. The second kappa shape index (κ2) is 9.55. The Morgan fingerprint density at radius 3 is 2.23 bits per heavy atom. The van der Waals surface area contributed by atoms with E-state index in [4.69, 9.17) is 17.2 Å². The number of rotatable bonds is 6. The molecule has 1 aliphatic rings. The van der Waals surface area contributed by atoms with Crippen molar-refractivity contribution in [3.05, 3.63) is 108 Å². The van der Waals surface area contributed by atoms with Crippen molar-refractivity contribution in [3.8, 4) is 5.69 Å². The standard InChI is InChI=1S/C29H31N5S/c1-20(2)21-10-12-24(13-11-21)34-28(27(31-29(34)35)25-8-5-6-18-30-25)26-9-7-19-33(26)23-16-14-22(15-17-23)32(3)4/h5-20,27-28H,1-4H3,(H,31,35)/t27-,28-/m1/s1. The summed E-state index contributed by atoms with van der Waals surface area (Å²) in [6, 6.07) is 27.6. The number of anilines is 2. The average molecular weight is 482 g/mol. The maximum Gasteiger partial charge on any atom is 0.174 e. The molecule has 0 radical (unpaired) electrons. The quantitative estimate of drug-likeness (QED) is 0.330. The third-order valence-electron chi connectivity index (χ3n) is 6.66. The fourth-order valence-corrected chi connectivity index (χ4v) is 5.08. The van der Waals surface area contributed by atoms with Gasteiger partial charge in [-0.25, -0.2) is 0 Å². The van der Waals surface area contributed by atoms with Gasteiger partial charge >= 0.3 is 0 Å². The first-order valence-electron chi connectivity index (χ1n) is 12.0. The van der Waals surface area contributed by atoms with E-state index in [2.05, 4.69) is 121 Å². The molecule has 1 fully saturated rings. The van der Waals surface area contributed by atoms with E-state index in [0.717, 1.165) is 22.8 Å². The van der Waals surface area contributed by atoms with Crippen molar-refractivity contribution < 1.29 is 0 Å². The predicted molar refractivity (Wildman–Crippen MR) is 149 cm³/mol. The van der Waals surface area contributed by atoms with Crippen LogP contribution in [0.2, 0.25) is 0 Å². The van der Waals surface area contributed by atoms with Gasteiger partial charge in [-0.1, -0.05) is 32.0 Å². The molecule has 0 amide bonds. The number of nitrogens with zero attached hydrogens (tertiary/aromatic N) is 4. The topological polar surface area (TPSA) is 36.3 Å². The molecule has 2 atom stereocenters. The van der Waals surface area contributed by atoms with Gasteiger partial charge in [0.1, 0.15) is 6.04 Å². The molecule has 6 heteroatoms. The van der Waals surface area contributed by atoms with Gasteiger partial charge in [-0.15, -0.1) is 0 Å². The van der Waals surface area contributed by atoms with Gasteiger partial charge in [-0.2, -0.15) is 0 Å². The molecule has 2 aromatic heterocycles. The molecule has 3 heterocycles. The summed E-state index contributed by atoms with van der Waals surface area (Å²) < 4.78 is 2.26. The molecule has 35 heavy (non-hydrogen) atoms. The van der Waals surface area contributed by atoms with E-state index in [-0.39, 0.29) is 12.1 Å². The summed E-state index contributed by atoms with van der Waals surface area (Å²) in [7, 11) is 4.11. The van der Waals surface area contributed by atoms with Crippen LogP contribution in [-0.2, 0) is 0 Å². The van der Waals surface area contributed by atoms with Crippen LogP contribution in [0.15, 0.2) is 91.3 Å². The molecule has 1 N–H and O–H groups in total. The molecule has 1 aliphatic heterocycles. The molecular formula is C29H31N5S. The lowest BCUT2D eigenvalue weighted by Crippen LogP contribution is -2.30. The molecule has 0 spiro atoms. The molecule has 5 nitrogen and oxygen atoms in total. The zero-order chi connectivity index (χ0) is 24.5. The normalized spacial score (nSPS) is 17.6. The van der Waals surface area contributed by atoms with Crippen molar-refractivity contribution in [2.45, 2.75) is 31.8 Å². The van der Waals surface area contributed by atoms with Crippen LogP contribution in [0.3, 0.4) is 0 Å². The van der Waals surface area contributed by atoms with Crippen molar-refractivity contribution >= 4 is 28.7 Å². The lowest BCUT2D eigenvalue weighted by atomic mass is 9.99. The van der Waals surface area contributed by atoms with E-state index in [1.165, 1.54) is 11.3 Å². The van der Waals surface area contributed by atoms with Crippen molar-refractivity contribution in [2.75, 3.05) is 23.9 Å². The van der Waals surface area contributed by atoms with E-state index >= 15 is 0 Å². The fraction of sp³-hybridized carbons (Fsp3) is 0.241. The van der Waals surface area contributed by atoms with Crippen LogP contribution in [-0.4, -0.2) is 28.8 Å². The molecule has 0 aliphatic carbocycles. The number of hydrogen-bond acceptors (Lipinski definition) is 3. The molecule has 178 valence electrons. The molecule has 0 bridgehead atoms. The van der Waals surface area contributed by atoms with Gasteiger partial charge in [0.15, 0.2) is 5.11 Å². The van der Waals surface area contributed by atoms with E-state index < -0.39 is 0 Å². The third-order valence-corrected chi connectivity index (χ3v) is 6.98. The lowest BCUT2D eigenvalue weighted by molar-refractivity contribution is 0.549. The highest BCUT2D eigenvalue weighted by Gasteiger charge is 2.42. The summed E-state index contributed by atoms with van der Waals surface area (Å²) in [6.07, 6.45) is 3.97. The van der Waals surface area contributed by atoms with Crippen molar-refractivity contribution in [1.82, 2.24) is 14.9 Å². The first-order valence-corrected chi connectivity index (χ1v) is 12.4. The Morgan fingerprint density at radius 2 is 1.60 bits per heavy atom. The zero-order valence-electron chi connectivity index (χ0n) is 20.6. The number of aromatic nitrogens is 2. The number of hydrogen-bond donors (Lipinski definition) is 1. The van der Waals surface area contributed by atoms with Gasteiger partial charge in [0.2, 0.25) is 0 Å². The molecule has 0 saturated carbocycles. The van der Waals surface area contributed by atoms with Crippen molar-refractivity contribution in [2.24, 2.45) is 0 Å². The summed E-state index contributed by atoms with van der Waals surface area (Å²) >= 11 is 5.91. The fourth-order valence-electron chi connectivity index (χ4n) is 4.73. The zero-order valence-corrected chi connectivity index (χ0v) is 21.4. The van der Waals surface area contributed by atoms with E-state index in [1.54, 1.807) is 0 Å². The van der Waals surface area contributed by atoms with Gasteiger partial charge < -0.3 is 19.7 Å². The minimum Gasteiger partial charge on any atom is -0.378 e. The van der Waals surface area contributed by atoms with Gasteiger partial charge in [0.25, 0.3) is 0 Å². The van der Waals surface area contributed by atoms with Crippen LogP contribution in [0.5, 0.6) is 0 Å². The minimum absolute atomic E-state index is 0.0641. The first kappa shape index (κ1) is 23.1. The summed E-state index contributed by atoms with van der Waals surface area (Å²) in [5.41, 5.74) is 6.79. The van der Waals surface area contributed by atoms with Gasteiger partial charge in [0, 0.05) is 49.2 Å². The maximum absolute atomic E-state index is 5.91. The Balaban J connectivity index is 1.61. The number of nitrogens with one attached hydrogen (secondary N) is 1. The third kappa shape index (κ3) is 4.42. The Morgan fingerprint density at radius 1 is 0.886 bits per heavy atom. The number of benzene rings is 2. The summed E-state index contributed by atoms with van der Waals surface area (Å²) in [4.78, 5) is 9.04. The van der Waals surface area contributed by atoms with Crippen LogP contribution in [0.4, 0.5) is 11.4 Å². The summed E-state index contributed by atoms with van der Waals surface area (Å²) in [5, 5.41) is 4.28. The molecule has 4 aromatic rings. The highest BCUT2D eigenvalue weighted by atomic mass is 32.1. The Bertz CT molecular complexity index is 1290. The molecular weight excluding hydrogens is 450 g/mol. The van der Waals surface area contributed by atoms with E-state index in [1.807, 2.05) is 18.3 Å². The van der Waals surface area contributed by atoms with E-state index in [0.29, 0.717) is 11.0 Å². The highest BCUT2D eigenvalue weighted by molar-refractivity contribution is 7.80. The molecule has 2 aromatic carbocycles. The van der Waals surface area contributed by atoms with Crippen LogP contribution >= 0.6 is 12.2 Å². The Hall–Kier alpha value is -3.64. The second-order valence-electron chi connectivity index (χ2n) is 9.46. The molecule has 0 unspecified atom stereocenters. The Labute approximate surface area is 213 Å². The Kier molecular flexibility index (Phi) is 6.31. The summed E-state index contributed by atoms with van der Waals surface area (Å²) in [5.74, 6) is 0.479. The minimum atomic E-state index is -0.0804. The SMILES string of the molecule is CC(C)c1ccc(N2C(=S)N[C@H](c3ccccn3)[C@H]2c2cccn2-c2ccc(N(C)C)cc2)cc1. The first-order chi connectivity index (χ1) is 16.9. The van der Waals surface area contributed by atoms with Crippen molar-refractivity contribution in [1.29, 1.82) is 0 Å². The lowest BCUT2D eigenvalue weighted by Gasteiger charge is -2.29. The van der Waals surface area contributed by atoms with Crippen LogP contribution in [0.25, 0.3) is 5.69 Å². The number of pyridine rings is 1. The smallest absolute Gasteiger partial charge is 0.174 e. The monoisotopic (exact) mass is 481 g/mol. The van der Waals surface area contributed by atoms with Crippen LogP contribution in [0.1, 0.15) is 48.8 Å². The largest absolute Gasteiger partial charge is 0.378 e. The maximum atomic E-state index is 5.91. The van der Waals surface area contributed by atoms with Gasteiger partial charge in [-0.05, 0) is 84.4 Å². The van der Waals surface area contributed by atoms with E-state index in [9.17, 15) is 0 Å². The molecule has 1 saturated heterocycles. The van der Waals surface area contributed by atoms with Crippen LogP contribution < -0.4 is 15.1 Å². The summed E-state index contributed by atoms with van der Waals surface area (Å²) in [6.45, 7) is 4.43. The number of thiocarbonyl (C=S) groups is 1. The predicted octanol–water partition coefficient (Wildman–Crippen LogP) is 6.24. The molecule has 5 rings (SSSR count). The van der Waals surface area contributed by atoms with Gasteiger partial charge in [0.05, 0.1) is 11.7 Å².